The minimum absolute atomic E-state index is 0.0475. The van der Waals surface area contributed by atoms with E-state index in [0.717, 1.165) is 28.9 Å². The number of alkyl halides is 3. The number of rotatable bonds is 4. The second-order valence-electron chi connectivity index (χ2n) is 5.41. The molecule has 2 rings (SSSR count). The van der Waals surface area contributed by atoms with Crippen LogP contribution in [0.15, 0.2) is 36.4 Å². The number of aryl methyl sites for hydroxylation is 2. The Kier molecular flexibility index (Phi) is 5.39. The molecular weight excluding hydrogens is 341 g/mol. The second-order valence-corrected chi connectivity index (χ2v) is 5.84. The molecule has 0 bridgehead atoms. The van der Waals surface area contributed by atoms with E-state index < -0.39 is 17.6 Å². The van der Waals surface area contributed by atoms with Crippen molar-refractivity contribution in [3.8, 4) is 0 Å². The predicted molar refractivity (Wildman–Crippen MR) is 89.5 cm³/mol. The first-order chi connectivity index (χ1) is 11.2. The van der Waals surface area contributed by atoms with Gasteiger partial charge in [0.15, 0.2) is 0 Å². The molecule has 0 saturated carbocycles. The van der Waals surface area contributed by atoms with E-state index in [1.54, 1.807) is 0 Å². The molecule has 0 aliphatic heterocycles. The molecule has 2 aromatic carbocycles. The van der Waals surface area contributed by atoms with E-state index in [9.17, 15) is 18.0 Å². The van der Waals surface area contributed by atoms with Crippen molar-refractivity contribution in [3.05, 3.63) is 58.1 Å². The quantitative estimate of drug-likeness (QED) is 0.807. The van der Waals surface area contributed by atoms with Gasteiger partial charge in [0.1, 0.15) is 0 Å². The molecule has 0 heterocycles. The van der Waals surface area contributed by atoms with Crippen molar-refractivity contribution in [3.63, 3.8) is 0 Å². The maximum Gasteiger partial charge on any atom is 0.418 e. The summed E-state index contributed by atoms with van der Waals surface area (Å²) < 4.78 is 39.0. The molecule has 0 aliphatic rings. The Balaban J connectivity index is 2.08. The first-order valence-corrected chi connectivity index (χ1v) is 7.52. The van der Waals surface area contributed by atoms with E-state index in [4.69, 9.17) is 11.6 Å². The van der Waals surface area contributed by atoms with Gasteiger partial charge < -0.3 is 10.6 Å². The molecule has 0 aromatic heterocycles. The second kappa shape index (κ2) is 7.13. The van der Waals surface area contributed by atoms with Crippen LogP contribution in [0.3, 0.4) is 0 Å². The van der Waals surface area contributed by atoms with Crippen LogP contribution in [0.25, 0.3) is 0 Å². The molecule has 0 fully saturated rings. The van der Waals surface area contributed by atoms with Gasteiger partial charge in [-0.3, -0.25) is 4.79 Å². The Hall–Kier alpha value is -2.21. The summed E-state index contributed by atoms with van der Waals surface area (Å²) in [7, 11) is 0. The number of amides is 1. The third kappa shape index (κ3) is 4.64. The van der Waals surface area contributed by atoms with Crippen LogP contribution < -0.4 is 10.6 Å². The number of nitrogens with one attached hydrogen (secondary N) is 2. The predicted octanol–water partition coefficient (Wildman–Crippen LogP) is 5.03. The van der Waals surface area contributed by atoms with Gasteiger partial charge in [-0.15, -0.1) is 0 Å². The molecule has 24 heavy (non-hydrogen) atoms. The van der Waals surface area contributed by atoms with E-state index >= 15 is 0 Å². The minimum Gasteiger partial charge on any atom is -0.376 e. The number of halogens is 4. The Bertz CT molecular complexity index is 760. The van der Waals surface area contributed by atoms with Gasteiger partial charge in [0, 0.05) is 10.7 Å². The Morgan fingerprint density at radius 3 is 2.38 bits per heavy atom. The summed E-state index contributed by atoms with van der Waals surface area (Å²) in [4.78, 5) is 12.0. The lowest BCUT2D eigenvalue weighted by Gasteiger charge is -2.15. The Morgan fingerprint density at radius 2 is 1.75 bits per heavy atom. The molecule has 3 nitrogen and oxygen atoms in total. The summed E-state index contributed by atoms with van der Waals surface area (Å²) in [5, 5.41) is 5.13. The van der Waals surface area contributed by atoms with Crippen molar-refractivity contribution in [2.45, 2.75) is 20.0 Å². The van der Waals surface area contributed by atoms with Crippen LogP contribution in [-0.2, 0) is 11.0 Å². The molecule has 1 amide bonds. The molecule has 0 saturated heterocycles. The molecular formula is C17H16ClF3N2O. The summed E-state index contributed by atoms with van der Waals surface area (Å²) in [5.74, 6) is -0.581. The smallest absolute Gasteiger partial charge is 0.376 e. The first-order valence-electron chi connectivity index (χ1n) is 7.14. The van der Waals surface area contributed by atoms with Crippen molar-refractivity contribution in [2.24, 2.45) is 0 Å². The van der Waals surface area contributed by atoms with Gasteiger partial charge >= 0.3 is 6.18 Å². The molecule has 0 spiro atoms. The zero-order valence-corrected chi connectivity index (χ0v) is 13.8. The fourth-order valence-corrected chi connectivity index (χ4v) is 2.41. The SMILES string of the molecule is Cc1ccc(NCC(=O)Nc2ccc(Cl)cc2C(F)(F)F)c(C)c1. The lowest BCUT2D eigenvalue weighted by atomic mass is 10.1. The van der Waals surface area contributed by atoms with E-state index in [-0.39, 0.29) is 17.3 Å². The summed E-state index contributed by atoms with van der Waals surface area (Å²) in [5.41, 5.74) is 1.49. The molecule has 2 N–H and O–H groups in total. The van der Waals surface area contributed by atoms with Gasteiger partial charge in [-0.25, -0.2) is 0 Å². The van der Waals surface area contributed by atoms with Gasteiger partial charge in [0.2, 0.25) is 5.91 Å². The molecule has 0 atom stereocenters. The van der Waals surface area contributed by atoms with Crippen LogP contribution in [0.4, 0.5) is 24.5 Å². The van der Waals surface area contributed by atoms with Crippen molar-refractivity contribution in [1.82, 2.24) is 0 Å². The number of benzene rings is 2. The largest absolute Gasteiger partial charge is 0.418 e. The maximum absolute atomic E-state index is 13.0. The lowest BCUT2D eigenvalue weighted by Crippen LogP contribution is -2.23. The number of carbonyl (C=O) groups excluding carboxylic acids is 1. The lowest BCUT2D eigenvalue weighted by molar-refractivity contribution is -0.137. The summed E-state index contributed by atoms with van der Waals surface area (Å²) in [6, 6.07) is 8.87. The minimum atomic E-state index is -4.60. The van der Waals surface area contributed by atoms with Crippen molar-refractivity contribution >= 4 is 28.9 Å². The highest BCUT2D eigenvalue weighted by molar-refractivity contribution is 6.30. The fourth-order valence-electron chi connectivity index (χ4n) is 2.24. The third-order valence-corrected chi connectivity index (χ3v) is 3.62. The monoisotopic (exact) mass is 356 g/mol. The molecule has 7 heteroatoms. The number of anilines is 2. The van der Waals surface area contributed by atoms with Crippen LogP contribution in [0.5, 0.6) is 0 Å². The van der Waals surface area contributed by atoms with Crippen LogP contribution in [0.1, 0.15) is 16.7 Å². The van der Waals surface area contributed by atoms with Gasteiger partial charge in [0.05, 0.1) is 17.8 Å². The van der Waals surface area contributed by atoms with Crippen LogP contribution in [0, 0.1) is 13.8 Å². The zero-order chi connectivity index (χ0) is 17.9. The normalized spacial score (nSPS) is 11.2. The fraction of sp³-hybridized carbons (Fsp3) is 0.235. The highest BCUT2D eigenvalue weighted by Crippen LogP contribution is 2.36. The molecule has 0 unspecified atom stereocenters. The third-order valence-electron chi connectivity index (χ3n) is 3.38. The molecule has 0 aliphatic carbocycles. The highest BCUT2D eigenvalue weighted by Gasteiger charge is 2.34. The van der Waals surface area contributed by atoms with E-state index in [1.165, 1.54) is 6.07 Å². The van der Waals surface area contributed by atoms with Gasteiger partial charge in [0.25, 0.3) is 0 Å². The van der Waals surface area contributed by atoms with Crippen LogP contribution >= 0.6 is 11.6 Å². The standard InChI is InChI=1S/C17H16ClF3N2O/c1-10-3-5-14(11(2)7-10)22-9-16(24)23-15-6-4-12(18)8-13(15)17(19,20)21/h3-8,22H,9H2,1-2H3,(H,23,24). The van der Waals surface area contributed by atoms with Crippen molar-refractivity contribution < 1.29 is 18.0 Å². The van der Waals surface area contributed by atoms with Crippen molar-refractivity contribution in [2.75, 3.05) is 17.2 Å². The number of hydrogen-bond donors (Lipinski definition) is 2. The summed E-state index contributed by atoms with van der Waals surface area (Å²) in [6.45, 7) is 3.68. The maximum atomic E-state index is 13.0. The van der Waals surface area contributed by atoms with E-state index in [0.29, 0.717) is 0 Å². The van der Waals surface area contributed by atoms with E-state index in [2.05, 4.69) is 10.6 Å². The Morgan fingerprint density at radius 1 is 1.08 bits per heavy atom. The topological polar surface area (TPSA) is 41.1 Å². The highest BCUT2D eigenvalue weighted by atomic mass is 35.5. The van der Waals surface area contributed by atoms with Crippen LogP contribution in [0.2, 0.25) is 5.02 Å². The van der Waals surface area contributed by atoms with E-state index in [1.807, 2.05) is 32.0 Å². The average Bonchev–Trinajstić information content (AvgIpc) is 2.47. The summed E-state index contributed by atoms with van der Waals surface area (Å²) in [6.07, 6.45) is -4.60. The summed E-state index contributed by atoms with van der Waals surface area (Å²) >= 11 is 5.61. The molecule has 2 aromatic rings. The average molecular weight is 357 g/mol. The van der Waals surface area contributed by atoms with Gasteiger partial charge in [-0.05, 0) is 43.7 Å². The van der Waals surface area contributed by atoms with Crippen LogP contribution in [-0.4, -0.2) is 12.5 Å². The number of hydrogen-bond acceptors (Lipinski definition) is 2. The van der Waals surface area contributed by atoms with Gasteiger partial charge in [-0.2, -0.15) is 13.2 Å². The zero-order valence-electron chi connectivity index (χ0n) is 13.1. The number of carbonyl (C=O) groups is 1. The molecule has 0 radical (unpaired) electrons. The first kappa shape index (κ1) is 18.1. The molecule has 128 valence electrons. The Labute approximate surface area is 142 Å². The van der Waals surface area contributed by atoms with Gasteiger partial charge in [-0.1, -0.05) is 29.3 Å². The van der Waals surface area contributed by atoms with Crippen molar-refractivity contribution in [1.29, 1.82) is 0 Å².